The number of Topliss-reactive ketones (excluding diaryl/α,β-unsaturated/α-hetero) is 2. The molecule has 1 unspecified atom stereocenters. The third kappa shape index (κ3) is 3.31. The van der Waals surface area contributed by atoms with Crippen molar-refractivity contribution in [3.63, 3.8) is 0 Å². The van der Waals surface area contributed by atoms with E-state index in [0.29, 0.717) is 17.7 Å². The Morgan fingerprint density at radius 3 is 1.71 bits per heavy atom. The number of ether oxygens (including phenoxy) is 3. The van der Waals surface area contributed by atoms with Crippen molar-refractivity contribution in [1.29, 1.82) is 0 Å². The first-order valence-corrected chi connectivity index (χ1v) is 10.4. The lowest BCUT2D eigenvalue weighted by Crippen LogP contribution is -2.58. The summed E-state index contributed by atoms with van der Waals surface area (Å²) in [6, 6.07) is 27.0. The first kappa shape index (κ1) is 19.8. The maximum absolute atomic E-state index is 13.9. The van der Waals surface area contributed by atoms with E-state index in [2.05, 4.69) is 0 Å². The molecule has 5 nitrogen and oxygen atoms in total. The fourth-order valence-electron chi connectivity index (χ4n) is 4.45. The van der Waals surface area contributed by atoms with Crippen LogP contribution in [0.1, 0.15) is 32.4 Å². The summed E-state index contributed by atoms with van der Waals surface area (Å²) in [5.74, 6) is -0.832. The van der Waals surface area contributed by atoms with Gasteiger partial charge < -0.3 is 14.2 Å². The van der Waals surface area contributed by atoms with Gasteiger partial charge in [-0.3, -0.25) is 9.59 Å². The summed E-state index contributed by atoms with van der Waals surface area (Å²) in [4.78, 5) is 27.9. The molecule has 2 fully saturated rings. The van der Waals surface area contributed by atoms with Crippen molar-refractivity contribution in [3.8, 4) is 0 Å². The van der Waals surface area contributed by atoms with Crippen LogP contribution in [-0.2, 0) is 14.2 Å². The number of ketones is 2. The number of rotatable bonds is 5. The Balaban J connectivity index is 1.67. The fraction of sp³-hybridized carbons (Fsp3) is 0.231. The molecule has 0 radical (unpaired) electrons. The van der Waals surface area contributed by atoms with Gasteiger partial charge in [0.15, 0.2) is 0 Å². The zero-order valence-electron chi connectivity index (χ0n) is 16.8. The van der Waals surface area contributed by atoms with Gasteiger partial charge in [-0.15, -0.1) is 0 Å². The van der Waals surface area contributed by atoms with E-state index in [0.717, 1.165) is 5.56 Å². The number of benzene rings is 3. The highest BCUT2D eigenvalue weighted by atomic mass is 16.6. The highest BCUT2D eigenvalue weighted by Gasteiger charge is 2.66. The van der Waals surface area contributed by atoms with Crippen LogP contribution in [-0.4, -0.2) is 42.6 Å². The predicted molar refractivity (Wildman–Crippen MR) is 114 cm³/mol. The SMILES string of the molecule is O=C(c1ccccc1)C1(C(=O)c2ccccc2)O[C@@H](c2ccccc2)[C@H]2OCCOC21. The van der Waals surface area contributed by atoms with Gasteiger partial charge in [-0.25, -0.2) is 0 Å². The second-order valence-electron chi connectivity index (χ2n) is 7.70. The minimum absolute atomic E-state index is 0.290. The molecule has 0 spiro atoms. The van der Waals surface area contributed by atoms with Gasteiger partial charge in [0.2, 0.25) is 17.2 Å². The molecule has 2 saturated heterocycles. The van der Waals surface area contributed by atoms with Gasteiger partial charge in [0.1, 0.15) is 18.3 Å². The van der Waals surface area contributed by atoms with Gasteiger partial charge in [0.05, 0.1) is 13.2 Å². The number of hydrogen-bond acceptors (Lipinski definition) is 5. The van der Waals surface area contributed by atoms with Crippen LogP contribution in [0.2, 0.25) is 0 Å². The number of carbonyl (C=O) groups excluding carboxylic acids is 2. The van der Waals surface area contributed by atoms with Crippen molar-refractivity contribution in [2.75, 3.05) is 13.2 Å². The summed E-state index contributed by atoms with van der Waals surface area (Å²) in [5.41, 5.74) is -0.206. The molecule has 2 aliphatic rings. The minimum atomic E-state index is -1.84. The molecular formula is C26H22O5. The van der Waals surface area contributed by atoms with Crippen LogP contribution in [0.3, 0.4) is 0 Å². The van der Waals surface area contributed by atoms with E-state index < -0.39 is 35.5 Å². The van der Waals surface area contributed by atoms with Crippen LogP contribution in [0, 0.1) is 0 Å². The molecule has 0 aromatic heterocycles. The van der Waals surface area contributed by atoms with Crippen molar-refractivity contribution in [2.24, 2.45) is 0 Å². The normalized spacial score (nSPS) is 24.3. The number of carbonyl (C=O) groups is 2. The Morgan fingerprint density at radius 2 is 1.16 bits per heavy atom. The van der Waals surface area contributed by atoms with E-state index in [-0.39, 0.29) is 6.61 Å². The monoisotopic (exact) mass is 414 g/mol. The zero-order chi connectivity index (χ0) is 21.3. The van der Waals surface area contributed by atoms with Gasteiger partial charge in [-0.05, 0) is 5.56 Å². The highest BCUT2D eigenvalue weighted by Crippen LogP contribution is 2.47. The average molecular weight is 414 g/mol. The Labute approximate surface area is 180 Å². The van der Waals surface area contributed by atoms with Gasteiger partial charge in [0.25, 0.3) is 0 Å². The van der Waals surface area contributed by atoms with Gasteiger partial charge in [-0.2, -0.15) is 0 Å². The van der Waals surface area contributed by atoms with Gasteiger partial charge >= 0.3 is 0 Å². The third-order valence-electron chi connectivity index (χ3n) is 5.88. The molecule has 0 N–H and O–H groups in total. The van der Waals surface area contributed by atoms with Crippen molar-refractivity contribution in [3.05, 3.63) is 108 Å². The van der Waals surface area contributed by atoms with Crippen LogP contribution >= 0.6 is 0 Å². The molecule has 0 saturated carbocycles. The molecule has 3 aromatic carbocycles. The predicted octanol–water partition coefficient (Wildman–Crippen LogP) is 4.05. The molecule has 2 aliphatic heterocycles. The van der Waals surface area contributed by atoms with Crippen LogP contribution in [0.5, 0.6) is 0 Å². The molecule has 3 atom stereocenters. The van der Waals surface area contributed by atoms with Gasteiger partial charge in [-0.1, -0.05) is 91.0 Å². The Hall–Kier alpha value is -3.12. The summed E-state index contributed by atoms with van der Waals surface area (Å²) in [7, 11) is 0. The topological polar surface area (TPSA) is 61.8 Å². The lowest BCUT2D eigenvalue weighted by Gasteiger charge is -2.35. The molecule has 5 rings (SSSR count). The van der Waals surface area contributed by atoms with Crippen LogP contribution in [0.15, 0.2) is 91.0 Å². The van der Waals surface area contributed by atoms with E-state index in [1.807, 2.05) is 42.5 Å². The summed E-state index contributed by atoms with van der Waals surface area (Å²) < 4.78 is 18.6. The largest absolute Gasteiger partial charge is 0.370 e. The maximum Gasteiger partial charge on any atom is 0.223 e. The first-order chi connectivity index (χ1) is 15.2. The lowest BCUT2D eigenvalue weighted by molar-refractivity contribution is -0.137. The number of hydrogen-bond donors (Lipinski definition) is 0. The lowest BCUT2D eigenvalue weighted by atomic mass is 9.80. The second-order valence-corrected chi connectivity index (χ2v) is 7.70. The summed E-state index contributed by atoms with van der Waals surface area (Å²) in [5, 5.41) is 0. The molecule has 3 aromatic rings. The van der Waals surface area contributed by atoms with E-state index in [1.165, 1.54) is 0 Å². The number of fused-ring (bicyclic) bond motifs is 1. The molecule has 0 bridgehead atoms. The smallest absolute Gasteiger partial charge is 0.223 e. The van der Waals surface area contributed by atoms with Crippen molar-refractivity contribution in [2.45, 2.75) is 23.9 Å². The average Bonchev–Trinajstić information content (AvgIpc) is 3.21. The molecule has 31 heavy (non-hydrogen) atoms. The Morgan fingerprint density at radius 1 is 0.677 bits per heavy atom. The fourth-order valence-corrected chi connectivity index (χ4v) is 4.45. The first-order valence-electron chi connectivity index (χ1n) is 10.4. The molecule has 5 heteroatoms. The molecule has 0 aliphatic carbocycles. The summed E-state index contributed by atoms with van der Waals surface area (Å²) in [6.45, 7) is 0.668. The zero-order valence-corrected chi connectivity index (χ0v) is 16.8. The highest BCUT2D eigenvalue weighted by molar-refractivity contribution is 6.23. The Kier molecular flexibility index (Phi) is 5.24. The molecule has 156 valence electrons. The van der Waals surface area contributed by atoms with E-state index in [1.54, 1.807) is 48.5 Å². The molecule has 0 amide bonds. The van der Waals surface area contributed by atoms with Crippen molar-refractivity contribution in [1.82, 2.24) is 0 Å². The van der Waals surface area contributed by atoms with Crippen LogP contribution in [0.4, 0.5) is 0 Å². The van der Waals surface area contributed by atoms with Crippen LogP contribution < -0.4 is 0 Å². The molecular weight excluding hydrogens is 392 g/mol. The van der Waals surface area contributed by atoms with E-state index in [9.17, 15) is 9.59 Å². The summed E-state index contributed by atoms with van der Waals surface area (Å²) >= 11 is 0. The summed E-state index contributed by atoms with van der Waals surface area (Å²) in [6.07, 6.45) is -2.03. The third-order valence-corrected chi connectivity index (χ3v) is 5.88. The second kappa shape index (κ2) is 8.19. The quantitative estimate of drug-likeness (QED) is 0.466. The maximum atomic E-state index is 13.9. The van der Waals surface area contributed by atoms with Crippen molar-refractivity contribution < 1.29 is 23.8 Å². The van der Waals surface area contributed by atoms with E-state index >= 15 is 0 Å². The molecule has 2 heterocycles. The van der Waals surface area contributed by atoms with Crippen LogP contribution in [0.25, 0.3) is 0 Å². The van der Waals surface area contributed by atoms with Gasteiger partial charge in [0, 0.05) is 11.1 Å². The standard InChI is InChI=1S/C26H22O5/c27-23(19-12-6-2-7-13-19)26(24(28)20-14-8-3-9-15-20)25-22(29-16-17-30-25)21(31-26)18-10-4-1-5-11-18/h1-15,21-22,25H,16-17H2/t21-,22+,25?/m0/s1. The minimum Gasteiger partial charge on any atom is -0.370 e. The van der Waals surface area contributed by atoms with Crippen molar-refractivity contribution >= 4 is 11.6 Å². The Bertz CT molecular complexity index is 1010. The van der Waals surface area contributed by atoms with E-state index in [4.69, 9.17) is 14.2 Å².